The van der Waals surface area contributed by atoms with Crippen LogP contribution in [-0.2, 0) is 0 Å². The van der Waals surface area contributed by atoms with Crippen LogP contribution in [-0.4, -0.2) is 47.6 Å². The van der Waals surface area contributed by atoms with Crippen molar-refractivity contribution in [1.29, 1.82) is 0 Å². The molecule has 2 rings (SSSR count). The largest absolute Gasteiger partial charge is 0.508 e. The van der Waals surface area contributed by atoms with Gasteiger partial charge in [-0.2, -0.15) is 0 Å². The third-order valence-corrected chi connectivity index (χ3v) is 4.30. The lowest BCUT2D eigenvalue weighted by atomic mass is 10.0. The zero-order valence-corrected chi connectivity index (χ0v) is 12.3. The van der Waals surface area contributed by atoms with E-state index in [4.69, 9.17) is 0 Å². The van der Waals surface area contributed by atoms with Crippen LogP contribution in [0.25, 0.3) is 0 Å². The van der Waals surface area contributed by atoms with Crippen LogP contribution < -0.4 is 0 Å². The van der Waals surface area contributed by atoms with Crippen molar-refractivity contribution >= 4 is 0 Å². The van der Waals surface area contributed by atoms with Gasteiger partial charge < -0.3 is 10.0 Å². The summed E-state index contributed by atoms with van der Waals surface area (Å²) in [7, 11) is 2.21. The van der Waals surface area contributed by atoms with Gasteiger partial charge in [-0.3, -0.25) is 4.90 Å². The highest BCUT2D eigenvalue weighted by atomic mass is 16.3. The lowest BCUT2D eigenvalue weighted by Gasteiger charge is -2.35. The summed E-state index contributed by atoms with van der Waals surface area (Å²) < 4.78 is 0. The summed E-state index contributed by atoms with van der Waals surface area (Å²) in [6, 6.07) is 8.58. The zero-order chi connectivity index (χ0) is 13.8. The molecule has 2 atom stereocenters. The molecular weight excluding hydrogens is 236 g/mol. The summed E-state index contributed by atoms with van der Waals surface area (Å²) in [5, 5.41) is 10.1. The summed E-state index contributed by atoms with van der Waals surface area (Å²) >= 11 is 0. The van der Waals surface area contributed by atoms with Crippen LogP contribution in [0.2, 0.25) is 0 Å². The summed E-state index contributed by atoms with van der Waals surface area (Å²) in [6.45, 7) is 7.87. The molecule has 0 bridgehead atoms. The summed E-state index contributed by atoms with van der Waals surface area (Å²) in [6.07, 6.45) is 2.35. The van der Waals surface area contributed by atoms with E-state index in [9.17, 15) is 5.11 Å². The van der Waals surface area contributed by atoms with E-state index in [1.165, 1.54) is 13.0 Å². The second-order valence-electron chi connectivity index (χ2n) is 5.65. The molecule has 0 radical (unpaired) electrons. The van der Waals surface area contributed by atoms with Crippen molar-refractivity contribution in [2.45, 2.75) is 38.8 Å². The monoisotopic (exact) mass is 262 g/mol. The molecule has 3 heteroatoms. The second-order valence-corrected chi connectivity index (χ2v) is 5.65. The lowest BCUT2D eigenvalue weighted by molar-refractivity contribution is 0.135. The maximum absolute atomic E-state index is 10.1. The van der Waals surface area contributed by atoms with E-state index in [-0.39, 0.29) is 6.04 Å². The molecule has 1 fully saturated rings. The number of rotatable bonds is 3. The van der Waals surface area contributed by atoms with Crippen LogP contribution in [0, 0.1) is 0 Å². The molecule has 1 aromatic rings. The fourth-order valence-corrected chi connectivity index (χ4v) is 3.15. The van der Waals surface area contributed by atoms with Gasteiger partial charge in [-0.15, -0.1) is 0 Å². The number of nitrogens with zero attached hydrogens (tertiary/aromatic N) is 2. The van der Waals surface area contributed by atoms with Crippen molar-refractivity contribution in [2.75, 3.05) is 26.7 Å². The van der Waals surface area contributed by atoms with Crippen LogP contribution in [0.1, 0.15) is 38.3 Å². The Bertz CT molecular complexity index is 407. The Morgan fingerprint density at radius 1 is 1.32 bits per heavy atom. The molecule has 1 heterocycles. The van der Waals surface area contributed by atoms with Crippen molar-refractivity contribution < 1.29 is 5.11 Å². The van der Waals surface area contributed by atoms with E-state index in [0.717, 1.165) is 25.1 Å². The first-order chi connectivity index (χ1) is 9.13. The number of likely N-dealkylation sites (N-methyl/N-ethyl adjacent to an activating group) is 1. The van der Waals surface area contributed by atoms with E-state index in [0.29, 0.717) is 11.8 Å². The van der Waals surface area contributed by atoms with E-state index in [1.54, 1.807) is 6.07 Å². The van der Waals surface area contributed by atoms with Crippen LogP contribution >= 0.6 is 0 Å². The molecule has 0 aliphatic carbocycles. The molecule has 1 aliphatic rings. The third-order valence-electron chi connectivity index (χ3n) is 4.30. The van der Waals surface area contributed by atoms with Crippen molar-refractivity contribution in [2.24, 2.45) is 0 Å². The first-order valence-corrected chi connectivity index (χ1v) is 7.35. The van der Waals surface area contributed by atoms with Crippen molar-refractivity contribution in [3.8, 4) is 5.75 Å². The SMILES string of the molecule is CCC1CN(C)CCCN1C(C)c1ccccc1O. The smallest absolute Gasteiger partial charge is 0.120 e. The van der Waals surface area contributed by atoms with Gasteiger partial charge in [0.15, 0.2) is 0 Å². The van der Waals surface area contributed by atoms with E-state index < -0.39 is 0 Å². The molecule has 106 valence electrons. The zero-order valence-electron chi connectivity index (χ0n) is 12.3. The molecule has 19 heavy (non-hydrogen) atoms. The molecular formula is C16H26N2O. The van der Waals surface area contributed by atoms with Gasteiger partial charge >= 0.3 is 0 Å². The fourth-order valence-electron chi connectivity index (χ4n) is 3.15. The Labute approximate surface area is 116 Å². The lowest BCUT2D eigenvalue weighted by Crippen LogP contribution is -2.41. The maximum Gasteiger partial charge on any atom is 0.120 e. The number of phenolic OH excluding ortho intramolecular Hbond substituents is 1. The summed E-state index contributed by atoms with van der Waals surface area (Å²) in [5.41, 5.74) is 1.05. The predicted octanol–water partition coefficient (Wildman–Crippen LogP) is 2.87. The predicted molar refractivity (Wildman–Crippen MR) is 79.4 cm³/mol. The maximum atomic E-state index is 10.1. The highest BCUT2D eigenvalue weighted by Crippen LogP contribution is 2.31. The third kappa shape index (κ3) is 3.28. The molecule has 0 amide bonds. The van der Waals surface area contributed by atoms with Crippen molar-refractivity contribution in [1.82, 2.24) is 9.80 Å². The van der Waals surface area contributed by atoms with E-state index >= 15 is 0 Å². The van der Waals surface area contributed by atoms with E-state index in [2.05, 4.69) is 30.7 Å². The molecule has 0 spiro atoms. The molecule has 1 saturated heterocycles. The molecule has 1 N–H and O–H groups in total. The second kappa shape index (κ2) is 6.40. The number of benzene rings is 1. The van der Waals surface area contributed by atoms with Gasteiger partial charge in [0.1, 0.15) is 5.75 Å². The van der Waals surface area contributed by atoms with Crippen molar-refractivity contribution in [3.05, 3.63) is 29.8 Å². The minimum absolute atomic E-state index is 0.276. The van der Waals surface area contributed by atoms with Gasteiger partial charge in [0.25, 0.3) is 0 Å². The Morgan fingerprint density at radius 3 is 2.74 bits per heavy atom. The molecule has 3 nitrogen and oxygen atoms in total. The van der Waals surface area contributed by atoms with Gasteiger partial charge in [0.2, 0.25) is 0 Å². The van der Waals surface area contributed by atoms with Gasteiger partial charge in [-0.1, -0.05) is 25.1 Å². The number of hydrogen-bond donors (Lipinski definition) is 1. The Kier molecular flexibility index (Phi) is 4.83. The van der Waals surface area contributed by atoms with Gasteiger partial charge in [0.05, 0.1) is 0 Å². The van der Waals surface area contributed by atoms with Crippen LogP contribution in [0.4, 0.5) is 0 Å². The number of hydrogen-bond acceptors (Lipinski definition) is 3. The summed E-state index contributed by atoms with van der Waals surface area (Å²) in [4.78, 5) is 4.98. The fraction of sp³-hybridized carbons (Fsp3) is 0.625. The molecule has 0 aromatic heterocycles. The highest BCUT2D eigenvalue weighted by molar-refractivity contribution is 5.34. The van der Waals surface area contributed by atoms with E-state index in [1.807, 2.05) is 18.2 Å². The normalized spacial score (nSPS) is 24.1. The minimum Gasteiger partial charge on any atom is -0.508 e. The summed E-state index contributed by atoms with van der Waals surface area (Å²) in [5.74, 6) is 0.419. The molecule has 1 aromatic carbocycles. The standard InChI is InChI=1S/C16H26N2O/c1-4-14-12-17(3)10-7-11-18(14)13(2)15-8-5-6-9-16(15)19/h5-6,8-9,13-14,19H,4,7,10-12H2,1-3H3. The first-order valence-electron chi connectivity index (χ1n) is 7.35. The first kappa shape index (κ1) is 14.4. The average molecular weight is 262 g/mol. The van der Waals surface area contributed by atoms with Gasteiger partial charge in [-0.05, 0) is 39.4 Å². The Balaban J connectivity index is 2.20. The van der Waals surface area contributed by atoms with Crippen LogP contribution in [0.5, 0.6) is 5.75 Å². The highest BCUT2D eigenvalue weighted by Gasteiger charge is 2.27. The quantitative estimate of drug-likeness (QED) is 0.907. The van der Waals surface area contributed by atoms with Crippen LogP contribution in [0.15, 0.2) is 24.3 Å². The molecule has 2 unspecified atom stereocenters. The minimum atomic E-state index is 0.276. The average Bonchev–Trinajstić information content (AvgIpc) is 2.60. The Morgan fingerprint density at radius 2 is 2.05 bits per heavy atom. The molecule has 0 saturated carbocycles. The number of para-hydroxylation sites is 1. The molecule has 1 aliphatic heterocycles. The topological polar surface area (TPSA) is 26.7 Å². The number of phenols is 1. The van der Waals surface area contributed by atoms with Crippen LogP contribution in [0.3, 0.4) is 0 Å². The number of aromatic hydroxyl groups is 1. The van der Waals surface area contributed by atoms with Gasteiger partial charge in [0, 0.05) is 30.7 Å². The van der Waals surface area contributed by atoms with Gasteiger partial charge in [-0.25, -0.2) is 0 Å². The van der Waals surface area contributed by atoms with Crippen molar-refractivity contribution in [3.63, 3.8) is 0 Å². The Hall–Kier alpha value is -1.06.